The van der Waals surface area contributed by atoms with Gasteiger partial charge in [-0.1, -0.05) is 0 Å². The number of ether oxygens (including phenoxy) is 1. The lowest BCUT2D eigenvalue weighted by Crippen LogP contribution is -2.35. The fourth-order valence-corrected chi connectivity index (χ4v) is 4.71. The van der Waals surface area contributed by atoms with Crippen LogP contribution in [0.25, 0.3) is 0 Å². The van der Waals surface area contributed by atoms with Crippen LogP contribution in [0.5, 0.6) is 0 Å². The highest BCUT2D eigenvalue weighted by molar-refractivity contribution is 7.14. The topological polar surface area (TPSA) is 75.0 Å². The highest BCUT2D eigenvalue weighted by atomic mass is 32.1. The van der Waals surface area contributed by atoms with Gasteiger partial charge in [-0.25, -0.2) is 4.79 Å². The molecule has 0 spiro atoms. The van der Waals surface area contributed by atoms with Gasteiger partial charge in [-0.05, 0) is 43.7 Å². The van der Waals surface area contributed by atoms with Crippen LogP contribution in [0, 0.1) is 0 Å². The molecular weight excluding hydrogens is 366 g/mol. The molecule has 2 aromatic heterocycles. The molecule has 2 saturated heterocycles. The first-order chi connectivity index (χ1) is 13.2. The number of amides is 2. The number of likely N-dealkylation sites (tertiary alicyclic amines) is 1. The summed E-state index contributed by atoms with van der Waals surface area (Å²) in [4.78, 5) is 29.7. The zero-order valence-corrected chi connectivity index (χ0v) is 15.9. The number of carbonyl (C=O) groups is 2. The monoisotopic (exact) mass is 389 g/mol. The van der Waals surface area contributed by atoms with Gasteiger partial charge in [-0.3, -0.25) is 9.69 Å². The van der Waals surface area contributed by atoms with E-state index in [1.807, 2.05) is 18.2 Å². The Labute approximate surface area is 161 Å². The van der Waals surface area contributed by atoms with Crippen LogP contribution >= 0.6 is 11.3 Å². The molecule has 4 rings (SSSR count). The quantitative estimate of drug-likeness (QED) is 0.788. The van der Waals surface area contributed by atoms with Crippen molar-refractivity contribution in [3.05, 3.63) is 46.0 Å². The van der Waals surface area contributed by atoms with Crippen LogP contribution in [-0.2, 0) is 11.3 Å². The Morgan fingerprint density at radius 1 is 1.30 bits per heavy atom. The second-order valence-electron chi connectivity index (χ2n) is 6.77. The lowest BCUT2D eigenvalue weighted by Gasteiger charge is -2.22. The largest absolute Gasteiger partial charge is 0.468 e. The van der Waals surface area contributed by atoms with Crippen LogP contribution < -0.4 is 5.32 Å². The predicted octanol–water partition coefficient (Wildman–Crippen LogP) is 2.86. The first-order valence-corrected chi connectivity index (χ1v) is 10.1. The first-order valence-electron chi connectivity index (χ1n) is 9.27. The summed E-state index contributed by atoms with van der Waals surface area (Å²) in [6, 6.07) is 8.20. The number of rotatable bonds is 7. The zero-order valence-electron chi connectivity index (χ0n) is 15.1. The van der Waals surface area contributed by atoms with Crippen molar-refractivity contribution in [2.24, 2.45) is 0 Å². The van der Waals surface area contributed by atoms with E-state index < -0.39 is 0 Å². The molecule has 2 aliphatic rings. The van der Waals surface area contributed by atoms with Gasteiger partial charge in [0, 0.05) is 24.0 Å². The molecule has 8 heteroatoms. The van der Waals surface area contributed by atoms with E-state index in [1.165, 1.54) is 4.88 Å². The SMILES string of the molecule is O=C(NCCN1CCOC1=O)c1ccc([C@@H]2CCCN2Cc2ccco2)s1. The first kappa shape index (κ1) is 18.1. The summed E-state index contributed by atoms with van der Waals surface area (Å²) in [5, 5.41) is 2.89. The van der Waals surface area contributed by atoms with Crippen molar-refractivity contribution in [1.82, 2.24) is 15.1 Å². The summed E-state index contributed by atoms with van der Waals surface area (Å²) in [7, 11) is 0. The number of carbonyl (C=O) groups excluding carboxylic acids is 2. The molecule has 2 aromatic rings. The maximum absolute atomic E-state index is 12.4. The van der Waals surface area contributed by atoms with E-state index in [4.69, 9.17) is 9.15 Å². The number of cyclic esters (lactones) is 1. The number of hydrogen-bond donors (Lipinski definition) is 1. The fourth-order valence-electron chi connectivity index (χ4n) is 3.61. The molecule has 144 valence electrons. The third-order valence-electron chi connectivity index (χ3n) is 4.99. The molecule has 0 radical (unpaired) electrons. The predicted molar refractivity (Wildman–Crippen MR) is 101 cm³/mol. The van der Waals surface area contributed by atoms with E-state index in [9.17, 15) is 9.59 Å². The molecular formula is C19H23N3O4S. The van der Waals surface area contributed by atoms with Crippen molar-refractivity contribution in [3.8, 4) is 0 Å². The van der Waals surface area contributed by atoms with Crippen LogP contribution in [0.1, 0.15) is 39.2 Å². The van der Waals surface area contributed by atoms with Crippen molar-refractivity contribution in [3.63, 3.8) is 0 Å². The summed E-state index contributed by atoms with van der Waals surface area (Å²) < 4.78 is 10.4. The van der Waals surface area contributed by atoms with Gasteiger partial charge in [0.2, 0.25) is 0 Å². The molecule has 2 amide bonds. The molecule has 1 N–H and O–H groups in total. The Morgan fingerprint density at radius 3 is 3.00 bits per heavy atom. The lowest BCUT2D eigenvalue weighted by molar-refractivity contribution is 0.0953. The van der Waals surface area contributed by atoms with Crippen molar-refractivity contribution in [2.75, 3.05) is 32.8 Å². The van der Waals surface area contributed by atoms with Gasteiger partial charge in [0.1, 0.15) is 12.4 Å². The van der Waals surface area contributed by atoms with Gasteiger partial charge in [-0.2, -0.15) is 0 Å². The summed E-state index contributed by atoms with van der Waals surface area (Å²) in [5.41, 5.74) is 0. The van der Waals surface area contributed by atoms with E-state index in [-0.39, 0.29) is 12.0 Å². The molecule has 0 saturated carbocycles. The summed E-state index contributed by atoms with van der Waals surface area (Å²) in [5.74, 6) is 0.881. The van der Waals surface area contributed by atoms with Gasteiger partial charge in [0.05, 0.1) is 24.2 Å². The Morgan fingerprint density at radius 2 is 2.22 bits per heavy atom. The smallest absolute Gasteiger partial charge is 0.409 e. The highest BCUT2D eigenvalue weighted by Crippen LogP contribution is 2.36. The van der Waals surface area contributed by atoms with Crippen LogP contribution in [-0.4, -0.2) is 54.6 Å². The molecule has 27 heavy (non-hydrogen) atoms. The Kier molecular flexibility index (Phi) is 5.45. The molecule has 7 nitrogen and oxygen atoms in total. The van der Waals surface area contributed by atoms with Gasteiger partial charge in [0.25, 0.3) is 5.91 Å². The number of hydrogen-bond acceptors (Lipinski definition) is 6. The third kappa shape index (κ3) is 4.17. The van der Waals surface area contributed by atoms with Crippen molar-refractivity contribution >= 4 is 23.3 Å². The number of nitrogens with zero attached hydrogens (tertiary/aromatic N) is 2. The number of thiophene rings is 1. The van der Waals surface area contributed by atoms with Gasteiger partial charge in [-0.15, -0.1) is 11.3 Å². The molecule has 0 aliphatic carbocycles. The molecule has 0 unspecified atom stereocenters. The highest BCUT2D eigenvalue weighted by Gasteiger charge is 2.28. The lowest BCUT2D eigenvalue weighted by atomic mass is 10.2. The minimum absolute atomic E-state index is 0.0885. The molecule has 2 fully saturated rings. The minimum Gasteiger partial charge on any atom is -0.468 e. The van der Waals surface area contributed by atoms with Crippen molar-refractivity contribution < 1.29 is 18.7 Å². The second-order valence-corrected chi connectivity index (χ2v) is 7.88. The zero-order chi connectivity index (χ0) is 18.6. The maximum atomic E-state index is 12.4. The molecule has 1 atom stereocenters. The number of nitrogens with one attached hydrogen (secondary N) is 1. The normalized spacial score (nSPS) is 20.2. The second kappa shape index (κ2) is 8.14. The average molecular weight is 389 g/mol. The Hall–Kier alpha value is -2.32. The maximum Gasteiger partial charge on any atom is 0.409 e. The van der Waals surface area contributed by atoms with Crippen molar-refractivity contribution in [2.45, 2.75) is 25.4 Å². The van der Waals surface area contributed by atoms with Gasteiger partial charge >= 0.3 is 6.09 Å². The van der Waals surface area contributed by atoms with Gasteiger partial charge < -0.3 is 19.4 Å². The number of furan rings is 1. The van der Waals surface area contributed by atoms with E-state index in [0.717, 1.165) is 31.7 Å². The summed E-state index contributed by atoms with van der Waals surface area (Å²) in [6.07, 6.45) is 3.65. The molecule has 2 aliphatic heterocycles. The van der Waals surface area contributed by atoms with Crippen LogP contribution in [0.3, 0.4) is 0 Å². The van der Waals surface area contributed by atoms with E-state index in [0.29, 0.717) is 37.2 Å². The van der Waals surface area contributed by atoms with E-state index >= 15 is 0 Å². The Bertz CT molecular complexity index is 789. The summed E-state index contributed by atoms with van der Waals surface area (Å²) >= 11 is 1.55. The fraction of sp³-hybridized carbons (Fsp3) is 0.474. The van der Waals surface area contributed by atoms with Crippen LogP contribution in [0.4, 0.5) is 4.79 Å². The van der Waals surface area contributed by atoms with E-state index in [2.05, 4.69) is 16.3 Å². The van der Waals surface area contributed by atoms with Crippen LogP contribution in [0.15, 0.2) is 34.9 Å². The van der Waals surface area contributed by atoms with Crippen molar-refractivity contribution in [1.29, 1.82) is 0 Å². The average Bonchev–Trinajstić information content (AvgIpc) is 3.43. The van der Waals surface area contributed by atoms with Gasteiger partial charge in [0.15, 0.2) is 0 Å². The molecule has 0 bridgehead atoms. The standard InChI is InChI=1S/C19H23N3O4S/c23-18(20-7-9-21-10-12-26-19(21)24)17-6-5-16(27-17)15-4-1-8-22(15)13-14-3-2-11-25-14/h2-3,5-6,11,15H,1,4,7-10,12-13H2,(H,20,23)/t15-/m0/s1. The molecule has 4 heterocycles. The van der Waals surface area contributed by atoms with E-state index in [1.54, 1.807) is 22.5 Å². The third-order valence-corrected chi connectivity index (χ3v) is 6.18. The minimum atomic E-state index is -0.305. The Balaban J connectivity index is 1.32. The molecule has 0 aromatic carbocycles. The van der Waals surface area contributed by atoms with Crippen LogP contribution in [0.2, 0.25) is 0 Å². The summed E-state index contributed by atoms with van der Waals surface area (Å²) in [6.45, 7) is 3.75.